The number of hydrogen-bond acceptors (Lipinski definition) is 6. The first kappa shape index (κ1) is 19.4. The molecule has 27 heavy (non-hydrogen) atoms. The molecule has 1 fully saturated rings. The first-order valence-corrected chi connectivity index (χ1v) is 9.99. The van der Waals surface area contributed by atoms with Gasteiger partial charge in [0.15, 0.2) is 5.96 Å². The smallest absolute Gasteiger partial charge is 0.218 e. The van der Waals surface area contributed by atoms with Crippen molar-refractivity contribution in [2.75, 3.05) is 58.5 Å². The Bertz CT molecular complexity index is 715. The molecule has 0 bridgehead atoms. The summed E-state index contributed by atoms with van der Waals surface area (Å²) in [5.74, 6) is 1.55. The minimum Gasteiger partial charge on any atom is -0.475 e. The Kier molecular flexibility index (Phi) is 7.29. The van der Waals surface area contributed by atoms with Gasteiger partial charge in [-0.05, 0) is 23.6 Å². The lowest BCUT2D eigenvalue weighted by atomic mass is 10.2. The molecule has 0 saturated carbocycles. The van der Waals surface area contributed by atoms with Crippen molar-refractivity contribution in [3.63, 3.8) is 0 Å². The highest BCUT2D eigenvalue weighted by Crippen LogP contribution is 2.22. The van der Waals surface area contributed by atoms with Crippen molar-refractivity contribution in [2.24, 2.45) is 4.99 Å². The zero-order valence-electron chi connectivity index (χ0n) is 15.9. The van der Waals surface area contributed by atoms with Crippen molar-refractivity contribution in [2.45, 2.75) is 6.54 Å². The summed E-state index contributed by atoms with van der Waals surface area (Å²) in [7, 11) is 3.49. The summed E-state index contributed by atoms with van der Waals surface area (Å²) in [5, 5.41) is 6.91. The lowest BCUT2D eigenvalue weighted by molar-refractivity contribution is 0.143. The van der Waals surface area contributed by atoms with E-state index in [1.807, 2.05) is 19.2 Å². The monoisotopic (exact) mass is 389 g/mol. The molecule has 0 spiro atoms. The van der Waals surface area contributed by atoms with Gasteiger partial charge in [0.2, 0.25) is 5.88 Å². The second-order valence-corrected chi connectivity index (χ2v) is 7.06. The Labute approximate surface area is 164 Å². The van der Waals surface area contributed by atoms with Crippen molar-refractivity contribution >= 4 is 22.3 Å². The largest absolute Gasteiger partial charge is 0.475 e. The van der Waals surface area contributed by atoms with E-state index in [9.17, 15) is 0 Å². The van der Waals surface area contributed by atoms with Gasteiger partial charge >= 0.3 is 0 Å². The van der Waals surface area contributed by atoms with Crippen LogP contribution in [0.1, 0.15) is 5.56 Å². The molecule has 2 aromatic rings. The molecule has 8 heteroatoms. The number of methoxy groups -OCH3 is 1. The topological polar surface area (TPSA) is 62.2 Å². The van der Waals surface area contributed by atoms with Crippen LogP contribution in [0.15, 0.2) is 40.8 Å². The molecule has 0 aliphatic carbocycles. The van der Waals surface area contributed by atoms with Crippen molar-refractivity contribution in [3.8, 4) is 5.88 Å². The van der Waals surface area contributed by atoms with Gasteiger partial charge in [-0.25, -0.2) is 4.98 Å². The maximum atomic E-state index is 5.71. The fourth-order valence-electron chi connectivity index (χ4n) is 3.01. The number of ether oxygens (including phenoxy) is 2. The quantitative estimate of drug-likeness (QED) is 0.444. The Morgan fingerprint density at radius 3 is 2.78 bits per heavy atom. The Morgan fingerprint density at radius 1 is 1.22 bits per heavy atom. The average Bonchev–Trinajstić information content (AvgIpc) is 3.25. The normalized spacial score (nSPS) is 15.1. The van der Waals surface area contributed by atoms with E-state index in [1.54, 1.807) is 24.6 Å². The molecular formula is C19H27N5O2S. The standard InChI is InChI=1S/C19H27N5O2S/c1-20-19(24-10-8-23(9-11-24)17-6-4-14-27-17)22-15-16-5-3-7-21-18(16)26-13-12-25-2/h3-7,14H,8-13,15H2,1-2H3,(H,20,22). The SMILES string of the molecule is CN=C(NCc1cccnc1OCCOC)N1CCN(c2cccs2)CC1. The Hall–Kier alpha value is -2.32. The molecule has 2 aromatic heterocycles. The first-order valence-electron chi connectivity index (χ1n) is 9.11. The second kappa shape index (κ2) is 10.1. The van der Waals surface area contributed by atoms with E-state index in [2.05, 4.69) is 42.6 Å². The van der Waals surface area contributed by atoms with Crippen LogP contribution in [0.4, 0.5) is 5.00 Å². The third-order valence-corrected chi connectivity index (χ3v) is 5.35. The van der Waals surface area contributed by atoms with E-state index in [-0.39, 0.29) is 0 Å². The van der Waals surface area contributed by atoms with Crippen molar-refractivity contribution in [1.82, 2.24) is 15.2 Å². The maximum absolute atomic E-state index is 5.71. The molecule has 7 nitrogen and oxygen atoms in total. The van der Waals surface area contributed by atoms with Crippen molar-refractivity contribution in [1.29, 1.82) is 0 Å². The number of aliphatic imine (C=N–C) groups is 1. The predicted molar refractivity (Wildman–Crippen MR) is 110 cm³/mol. The molecule has 0 unspecified atom stereocenters. The van der Waals surface area contributed by atoms with E-state index < -0.39 is 0 Å². The number of pyridine rings is 1. The molecule has 1 N–H and O–H groups in total. The van der Waals surface area contributed by atoms with Gasteiger partial charge in [-0.2, -0.15) is 0 Å². The summed E-state index contributed by atoms with van der Waals surface area (Å²) >= 11 is 1.79. The molecule has 0 aromatic carbocycles. The third kappa shape index (κ3) is 5.33. The summed E-state index contributed by atoms with van der Waals surface area (Å²) in [6, 6.07) is 8.22. The summed E-state index contributed by atoms with van der Waals surface area (Å²) in [6.07, 6.45) is 1.74. The average molecular weight is 390 g/mol. The van der Waals surface area contributed by atoms with Gasteiger partial charge in [0.1, 0.15) is 6.61 Å². The van der Waals surface area contributed by atoms with Crippen LogP contribution in [0.25, 0.3) is 0 Å². The predicted octanol–water partition coefficient (Wildman–Crippen LogP) is 2.07. The van der Waals surface area contributed by atoms with Gasteiger partial charge in [0.25, 0.3) is 0 Å². The van der Waals surface area contributed by atoms with Crippen LogP contribution >= 0.6 is 11.3 Å². The molecule has 0 radical (unpaired) electrons. The molecule has 0 atom stereocenters. The molecule has 1 saturated heterocycles. The minimum atomic E-state index is 0.486. The summed E-state index contributed by atoms with van der Waals surface area (Å²) in [6.45, 7) is 5.54. The third-order valence-electron chi connectivity index (χ3n) is 4.42. The van der Waals surface area contributed by atoms with Gasteiger partial charge < -0.3 is 24.6 Å². The van der Waals surface area contributed by atoms with Crippen LogP contribution in [-0.2, 0) is 11.3 Å². The summed E-state index contributed by atoms with van der Waals surface area (Å²) < 4.78 is 10.7. The number of anilines is 1. The number of aromatic nitrogens is 1. The molecule has 3 heterocycles. The van der Waals surface area contributed by atoms with E-state index in [0.29, 0.717) is 25.6 Å². The number of guanidine groups is 1. The van der Waals surface area contributed by atoms with E-state index in [4.69, 9.17) is 9.47 Å². The van der Waals surface area contributed by atoms with Crippen molar-refractivity contribution in [3.05, 3.63) is 41.4 Å². The van der Waals surface area contributed by atoms with Gasteiger partial charge in [0.05, 0.1) is 11.6 Å². The van der Waals surface area contributed by atoms with Crippen LogP contribution in [0.3, 0.4) is 0 Å². The number of hydrogen-bond donors (Lipinski definition) is 1. The number of thiophene rings is 1. The highest BCUT2D eigenvalue weighted by Gasteiger charge is 2.20. The van der Waals surface area contributed by atoms with Crippen LogP contribution in [-0.4, -0.2) is 69.4 Å². The highest BCUT2D eigenvalue weighted by atomic mass is 32.1. The number of piperazine rings is 1. The van der Waals surface area contributed by atoms with Gasteiger partial charge in [-0.15, -0.1) is 11.3 Å². The summed E-state index contributed by atoms with van der Waals surface area (Å²) in [4.78, 5) is 13.5. The van der Waals surface area contributed by atoms with Crippen LogP contribution < -0.4 is 15.0 Å². The van der Waals surface area contributed by atoms with Crippen LogP contribution in [0, 0.1) is 0 Å². The maximum Gasteiger partial charge on any atom is 0.218 e. The lowest BCUT2D eigenvalue weighted by Gasteiger charge is -2.37. The molecule has 0 amide bonds. The molecule has 1 aliphatic heterocycles. The second-order valence-electron chi connectivity index (χ2n) is 6.14. The Balaban J connectivity index is 1.53. The molecular weight excluding hydrogens is 362 g/mol. The molecule has 1 aliphatic rings. The first-order chi connectivity index (χ1) is 13.3. The fraction of sp³-hybridized carbons (Fsp3) is 0.474. The zero-order chi connectivity index (χ0) is 18.9. The zero-order valence-corrected chi connectivity index (χ0v) is 16.7. The summed E-state index contributed by atoms with van der Waals surface area (Å²) in [5.41, 5.74) is 1.01. The lowest BCUT2D eigenvalue weighted by Crippen LogP contribution is -2.52. The van der Waals surface area contributed by atoms with Gasteiger partial charge in [0, 0.05) is 58.6 Å². The fourth-order valence-corrected chi connectivity index (χ4v) is 3.79. The Morgan fingerprint density at radius 2 is 2.07 bits per heavy atom. The van der Waals surface area contributed by atoms with E-state index in [1.165, 1.54) is 5.00 Å². The number of nitrogens with one attached hydrogen (secondary N) is 1. The van der Waals surface area contributed by atoms with Crippen molar-refractivity contribution < 1.29 is 9.47 Å². The molecule has 146 valence electrons. The van der Waals surface area contributed by atoms with E-state index >= 15 is 0 Å². The van der Waals surface area contributed by atoms with E-state index in [0.717, 1.165) is 37.7 Å². The van der Waals surface area contributed by atoms with Crippen LogP contribution in [0.5, 0.6) is 5.88 Å². The minimum absolute atomic E-state index is 0.486. The van der Waals surface area contributed by atoms with Crippen LogP contribution in [0.2, 0.25) is 0 Å². The van der Waals surface area contributed by atoms with Gasteiger partial charge in [-0.1, -0.05) is 6.07 Å². The highest BCUT2D eigenvalue weighted by molar-refractivity contribution is 7.14. The number of rotatable bonds is 7. The van der Waals surface area contributed by atoms with Gasteiger partial charge in [-0.3, -0.25) is 4.99 Å². The number of nitrogens with zero attached hydrogens (tertiary/aromatic N) is 4. The molecule has 3 rings (SSSR count).